The van der Waals surface area contributed by atoms with E-state index in [2.05, 4.69) is 20.6 Å². The first-order valence-corrected chi connectivity index (χ1v) is 6.25. The first kappa shape index (κ1) is 14.0. The van der Waals surface area contributed by atoms with Gasteiger partial charge in [-0.05, 0) is 18.2 Å². The molecule has 0 unspecified atom stereocenters. The molecule has 0 fully saturated rings. The minimum absolute atomic E-state index is 0.0719. The van der Waals surface area contributed by atoms with Crippen LogP contribution in [0.5, 0.6) is 0 Å². The van der Waals surface area contributed by atoms with Crippen LogP contribution in [0.15, 0.2) is 36.5 Å². The zero-order chi connectivity index (χ0) is 14.4. The van der Waals surface area contributed by atoms with Crippen molar-refractivity contribution in [1.82, 2.24) is 15.3 Å². The Balaban J connectivity index is 2.17. The van der Waals surface area contributed by atoms with Crippen LogP contribution in [0.2, 0.25) is 0 Å². The van der Waals surface area contributed by atoms with Crippen LogP contribution < -0.4 is 10.6 Å². The predicted molar refractivity (Wildman–Crippen MR) is 76.4 cm³/mol. The first-order valence-electron chi connectivity index (χ1n) is 6.25. The van der Waals surface area contributed by atoms with Crippen molar-refractivity contribution in [2.75, 3.05) is 25.5 Å². The predicted octanol–water partition coefficient (Wildman–Crippen LogP) is 0.907. The van der Waals surface area contributed by atoms with Gasteiger partial charge in [0.05, 0.1) is 12.3 Å². The van der Waals surface area contributed by atoms with Crippen molar-refractivity contribution in [2.45, 2.75) is 0 Å². The molecule has 0 spiro atoms. The van der Waals surface area contributed by atoms with Crippen molar-refractivity contribution < 1.29 is 9.90 Å². The van der Waals surface area contributed by atoms with Crippen LogP contribution in [-0.2, 0) is 0 Å². The molecule has 1 amide bonds. The number of aromatic nitrogens is 2. The van der Waals surface area contributed by atoms with Gasteiger partial charge in [-0.1, -0.05) is 12.1 Å². The maximum absolute atomic E-state index is 11.7. The number of anilines is 1. The number of hydrogen-bond donors (Lipinski definition) is 3. The number of rotatable bonds is 5. The number of amides is 1. The van der Waals surface area contributed by atoms with Crippen molar-refractivity contribution in [3.63, 3.8) is 0 Å². The lowest BCUT2D eigenvalue weighted by Crippen LogP contribution is -2.26. The molecule has 0 aliphatic heterocycles. The number of carbonyl (C=O) groups excluding carboxylic acids is 1. The Hall–Kier alpha value is -2.47. The van der Waals surface area contributed by atoms with E-state index in [0.717, 1.165) is 11.3 Å². The Morgan fingerprint density at radius 2 is 2.00 bits per heavy atom. The summed E-state index contributed by atoms with van der Waals surface area (Å²) in [6.45, 7) is 0.176. The number of aliphatic hydroxyl groups is 1. The zero-order valence-electron chi connectivity index (χ0n) is 11.1. The van der Waals surface area contributed by atoms with Gasteiger partial charge >= 0.3 is 0 Å². The number of benzene rings is 1. The zero-order valence-corrected chi connectivity index (χ0v) is 11.1. The molecule has 0 bridgehead atoms. The van der Waals surface area contributed by atoms with Crippen molar-refractivity contribution >= 4 is 11.9 Å². The summed E-state index contributed by atoms with van der Waals surface area (Å²) >= 11 is 0. The third-order valence-corrected chi connectivity index (χ3v) is 2.72. The smallest absolute Gasteiger partial charge is 0.251 e. The van der Waals surface area contributed by atoms with Gasteiger partial charge in [0.25, 0.3) is 5.91 Å². The summed E-state index contributed by atoms with van der Waals surface area (Å²) in [7, 11) is 1.76. The normalized spacial score (nSPS) is 10.1. The number of hydrogen-bond acceptors (Lipinski definition) is 5. The highest BCUT2D eigenvalue weighted by Gasteiger charge is 2.06. The number of nitrogens with one attached hydrogen (secondary N) is 2. The molecule has 0 atom stereocenters. The Bertz CT molecular complexity index is 584. The molecule has 0 radical (unpaired) electrons. The lowest BCUT2D eigenvalue weighted by Gasteiger charge is -2.06. The fourth-order valence-corrected chi connectivity index (χ4v) is 1.70. The van der Waals surface area contributed by atoms with Crippen LogP contribution in [-0.4, -0.2) is 41.2 Å². The third kappa shape index (κ3) is 3.30. The topological polar surface area (TPSA) is 87.1 Å². The summed E-state index contributed by atoms with van der Waals surface area (Å²) in [6.07, 6.45) is 1.68. The lowest BCUT2D eigenvalue weighted by atomic mass is 10.1. The fourth-order valence-electron chi connectivity index (χ4n) is 1.70. The van der Waals surface area contributed by atoms with Crippen LogP contribution in [0, 0.1) is 0 Å². The number of nitrogens with zero attached hydrogens (tertiary/aromatic N) is 2. The fraction of sp³-hybridized carbons (Fsp3) is 0.214. The molecule has 0 saturated carbocycles. The van der Waals surface area contributed by atoms with E-state index < -0.39 is 0 Å². The van der Waals surface area contributed by atoms with Crippen LogP contribution in [0.1, 0.15) is 10.4 Å². The molecule has 20 heavy (non-hydrogen) atoms. The van der Waals surface area contributed by atoms with E-state index >= 15 is 0 Å². The quantitative estimate of drug-likeness (QED) is 0.753. The highest BCUT2D eigenvalue weighted by atomic mass is 16.3. The van der Waals surface area contributed by atoms with E-state index in [-0.39, 0.29) is 19.1 Å². The summed E-state index contributed by atoms with van der Waals surface area (Å²) in [4.78, 5) is 20.1. The Morgan fingerprint density at radius 3 is 2.65 bits per heavy atom. The van der Waals surface area contributed by atoms with Gasteiger partial charge < -0.3 is 15.7 Å². The SMILES string of the molecule is CNc1nccc(-c2ccc(C(=O)NCCO)cc2)n1. The van der Waals surface area contributed by atoms with Gasteiger partial charge in [-0.15, -0.1) is 0 Å². The molecule has 6 heteroatoms. The highest BCUT2D eigenvalue weighted by Crippen LogP contribution is 2.18. The second-order valence-electron chi connectivity index (χ2n) is 4.07. The Morgan fingerprint density at radius 1 is 1.25 bits per heavy atom. The highest BCUT2D eigenvalue weighted by molar-refractivity contribution is 5.94. The lowest BCUT2D eigenvalue weighted by molar-refractivity contribution is 0.0945. The van der Waals surface area contributed by atoms with Gasteiger partial charge in [-0.25, -0.2) is 9.97 Å². The van der Waals surface area contributed by atoms with E-state index in [1.807, 2.05) is 18.2 Å². The molecule has 2 aromatic rings. The summed E-state index contributed by atoms with van der Waals surface area (Å²) < 4.78 is 0. The molecule has 0 aliphatic carbocycles. The number of aliphatic hydroxyl groups excluding tert-OH is 1. The monoisotopic (exact) mass is 272 g/mol. The minimum Gasteiger partial charge on any atom is -0.395 e. The third-order valence-electron chi connectivity index (χ3n) is 2.72. The molecular formula is C14H16N4O2. The van der Waals surface area contributed by atoms with Gasteiger partial charge in [-0.2, -0.15) is 0 Å². The molecule has 104 valence electrons. The molecule has 6 nitrogen and oxygen atoms in total. The molecule has 1 heterocycles. The van der Waals surface area contributed by atoms with Gasteiger partial charge in [0, 0.05) is 30.9 Å². The average Bonchev–Trinajstić information content (AvgIpc) is 2.52. The Kier molecular flexibility index (Phi) is 4.62. The van der Waals surface area contributed by atoms with E-state index in [4.69, 9.17) is 5.11 Å². The first-order chi connectivity index (χ1) is 9.74. The van der Waals surface area contributed by atoms with Gasteiger partial charge in [0.15, 0.2) is 0 Å². The maximum Gasteiger partial charge on any atom is 0.251 e. The average molecular weight is 272 g/mol. The molecule has 0 aliphatic rings. The van der Waals surface area contributed by atoms with Crippen molar-refractivity contribution in [3.8, 4) is 11.3 Å². The Labute approximate surface area is 116 Å². The van der Waals surface area contributed by atoms with E-state index in [1.165, 1.54) is 0 Å². The molecular weight excluding hydrogens is 256 g/mol. The second-order valence-corrected chi connectivity index (χ2v) is 4.07. The minimum atomic E-state index is -0.204. The second kappa shape index (κ2) is 6.63. The van der Waals surface area contributed by atoms with Crippen LogP contribution >= 0.6 is 0 Å². The summed E-state index contributed by atoms with van der Waals surface area (Å²) in [5, 5.41) is 14.2. The molecule has 1 aromatic carbocycles. The van der Waals surface area contributed by atoms with Crippen molar-refractivity contribution in [2.24, 2.45) is 0 Å². The largest absolute Gasteiger partial charge is 0.395 e. The van der Waals surface area contributed by atoms with Gasteiger partial charge in [0.1, 0.15) is 0 Å². The number of carbonyl (C=O) groups is 1. The standard InChI is InChI=1S/C14H16N4O2/c1-15-14-17-7-6-12(18-14)10-2-4-11(5-3-10)13(20)16-8-9-19/h2-7,19H,8-9H2,1H3,(H,16,20)(H,15,17,18). The van der Waals surface area contributed by atoms with E-state index in [1.54, 1.807) is 25.4 Å². The van der Waals surface area contributed by atoms with E-state index in [0.29, 0.717) is 11.5 Å². The molecule has 1 aromatic heterocycles. The van der Waals surface area contributed by atoms with Crippen molar-refractivity contribution in [3.05, 3.63) is 42.1 Å². The summed E-state index contributed by atoms with van der Waals surface area (Å²) in [5.41, 5.74) is 2.24. The van der Waals surface area contributed by atoms with Crippen LogP contribution in [0.4, 0.5) is 5.95 Å². The molecule has 3 N–H and O–H groups in total. The van der Waals surface area contributed by atoms with E-state index in [9.17, 15) is 4.79 Å². The van der Waals surface area contributed by atoms with Crippen LogP contribution in [0.25, 0.3) is 11.3 Å². The summed E-state index contributed by atoms with van der Waals surface area (Å²) in [6, 6.07) is 8.92. The van der Waals surface area contributed by atoms with Gasteiger partial charge in [-0.3, -0.25) is 4.79 Å². The van der Waals surface area contributed by atoms with Crippen LogP contribution in [0.3, 0.4) is 0 Å². The maximum atomic E-state index is 11.7. The summed E-state index contributed by atoms with van der Waals surface area (Å²) in [5.74, 6) is 0.344. The molecule has 2 rings (SSSR count). The van der Waals surface area contributed by atoms with Crippen molar-refractivity contribution in [1.29, 1.82) is 0 Å². The van der Waals surface area contributed by atoms with Gasteiger partial charge in [0.2, 0.25) is 5.95 Å². The molecule has 0 saturated heterocycles.